The molecule has 0 amide bonds. The molecule has 0 aromatic heterocycles. The van der Waals surface area contributed by atoms with Crippen molar-refractivity contribution in [1.29, 1.82) is 0 Å². The first-order valence-electron chi connectivity index (χ1n) is 3.94. The molecule has 76 valence electrons. The van der Waals surface area contributed by atoms with E-state index in [1.165, 1.54) is 0 Å². The third-order valence-electron chi connectivity index (χ3n) is 0.908. The molecule has 0 aromatic carbocycles. The maximum atomic E-state index is 9.67. The van der Waals surface area contributed by atoms with E-state index < -0.39 is 16.1 Å². The minimum Gasteiger partial charge on any atom is -0.802 e. The largest absolute Gasteiger partial charge is 2.00 e. The van der Waals surface area contributed by atoms with Crippen LogP contribution in [-0.2, 0) is 9.13 Å². The Bertz CT molecular complexity index is 127. The SMILES string of the molecule is CCC[PH](=O)[O-].CCC[PH](=O)[O-].[Ca+2]. The molecule has 0 heterocycles. The Hall–Kier alpha value is 1.64. The molecule has 0 bridgehead atoms. The van der Waals surface area contributed by atoms with Crippen molar-refractivity contribution in [3.05, 3.63) is 0 Å². The summed E-state index contributed by atoms with van der Waals surface area (Å²) < 4.78 is 19.3. The number of hydrogen-bond donors (Lipinski definition) is 0. The summed E-state index contributed by atoms with van der Waals surface area (Å²) in [4.78, 5) is 19.3. The molecule has 13 heavy (non-hydrogen) atoms. The average molecular weight is 254 g/mol. The van der Waals surface area contributed by atoms with E-state index in [0.29, 0.717) is 12.3 Å². The van der Waals surface area contributed by atoms with Crippen LogP contribution in [0.1, 0.15) is 26.7 Å². The quantitative estimate of drug-likeness (QED) is 0.525. The molecule has 0 N–H and O–H groups in total. The smallest absolute Gasteiger partial charge is 0.802 e. The monoisotopic (exact) mass is 254 g/mol. The second-order valence-corrected chi connectivity index (χ2v) is 4.73. The zero-order chi connectivity index (χ0) is 9.98. The van der Waals surface area contributed by atoms with Crippen LogP contribution >= 0.6 is 16.1 Å². The second-order valence-electron chi connectivity index (χ2n) is 2.24. The Kier molecular flexibility index (Phi) is 24.9. The molecule has 2 atom stereocenters. The van der Waals surface area contributed by atoms with E-state index in [1.807, 2.05) is 13.8 Å². The van der Waals surface area contributed by atoms with Gasteiger partial charge in [0.2, 0.25) is 0 Å². The van der Waals surface area contributed by atoms with E-state index in [2.05, 4.69) is 0 Å². The summed E-state index contributed by atoms with van der Waals surface area (Å²) in [5.74, 6) is 0. The van der Waals surface area contributed by atoms with Gasteiger partial charge in [0.1, 0.15) is 0 Å². The predicted octanol–water partition coefficient (Wildman–Crippen LogP) is 0.0820. The van der Waals surface area contributed by atoms with Crippen LogP contribution in [-0.4, -0.2) is 50.1 Å². The van der Waals surface area contributed by atoms with Crippen molar-refractivity contribution >= 4 is 53.8 Å². The van der Waals surface area contributed by atoms with Gasteiger partial charge in [0.05, 0.1) is 0 Å². The van der Waals surface area contributed by atoms with Gasteiger partial charge in [-0.3, -0.25) is 0 Å². The van der Waals surface area contributed by atoms with Crippen molar-refractivity contribution in [2.45, 2.75) is 26.7 Å². The molecule has 0 saturated carbocycles. The Labute approximate surface area is 111 Å². The van der Waals surface area contributed by atoms with Crippen LogP contribution in [0.2, 0.25) is 0 Å². The average Bonchev–Trinajstić information content (AvgIpc) is 1.87. The van der Waals surface area contributed by atoms with Gasteiger partial charge >= 0.3 is 37.7 Å². The van der Waals surface area contributed by atoms with Crippen LogP contribution in [0.5, 0.6) is 0 Å². The first-order chi connectivity index (χ1) is 5.54. The second kappa shape index (κ2) is 16.1. The van der Waals surface area contributed by atoms with E-state index in [-0.39, 0.29) is 37.7 Å². The summed E-state index contributed by atoms with van der Waals surface area (Å²) >= 11 is 0. The molecule has 0 aliphatic rings. The molecule has 7 heteroatoms. The van der Waals surface area contributed by atoms with Gasteiger partial charge in [-0.1, -0.05) is 26.7 Å². The molecule has 0 saturated heterocycles. The maximum Gasteiger partial charge on any atom is 2.00 e. The number of rotatable bonds is 4. The van der Waals surface area contributed by atoms with Gasteiger partial charge in [-0.05, 0) is 12.3 Å². The van der Waals surface area contributed by atoms with Gasteiger partial charge in [-0.2, -0.15) is 0 Å². The molecule has 0 fully saturated rings. The van der Waals surface area contributed by atoms with Crippen molar-refractivity contribution < 1.29 is 18.9 Å². The van der Waals surface area contributed by atoms with Crippen molar-refractivity contribution in [3.63, 3.8) is 0 Å². The molecular weight excluding hydrogens is 238 g/mol. The Morgan fingerprint density at radius 3 is 1.15 bits per heavy atom. The topological polar surface area (TPSA) is 80.3 Å². The normalized spacial score (nSPS) is 13.2. The Morgan fingerprint density at radius 1 is 0.923 bits per heavy atom. The molecule has 4 nitrogen and oxygen atoms in total. The molecule has 0 spiro atoms. The van der Waals surface area contributed by atoms with E-state index in [9.17, 15) is 18.9 Å². The molecule has 0 radical (unpaired) electrons. The Balaban J connectivity index is -0.000000143. The van der Waals surface area contributed by atoms with Gasteiger partial charge in [0, 0.05) is 16.1 Å². The fourth-order valence-electron chi connectivity index (χ4n) is 0.408. The molecule has 0 aromatic rings. The molecule has 0 aliphatic carbocycles. The van der Waals surface area contributed by atoms with Crippen molar-refractivity contribution in [2.75, 3.05) is 12.3 Å². The van der Waals surface area contributed by atoms with Crippen molar-refractivity contribution in [3.8, 4) is 0 Å². The standard InChI is InChI=1S/2C3H9O2P.Ca/c2*1-2-3-6(4)5;/h2*6H,2-3H2,1H3,(H,4,5);/q;;+2/p-2. The predicted molar refractivity (Wildman–Crippen MR) is 54.1 cm³/mol. The van der Waals surface area contributed by atoms with Gasteiger partial charge in [-0.25, -0.2) is 0 Å². The number of hydrogen-bond acceptors (Lipinski definition) is 4. The summed E-state index contributed by atoms with van der Waals surface area (Å²) in [5, 5.41) is 0. The fraction of sp³-hybridized carbons (Fsp3) is 1.00. The van der Waals surface area contributed by atoms with Crippen LogP contribution in [0.15, 0.2) is 0 Å². The van der Waals surface area contributed by atoms with Crippen molar-refractivity contribution in [2.24, 2.45) is 0 Å². The summed E-state index contributed by atoms with van der Waals surface area (Å²) in [6.07, 6.45) is 2.23. The van der Waals surface area contributed by atoms with Gasteiger partial charge in [0.25, 0.3) is 0 Å². The van der Waals surface area contributed by atoms with Crippen LogP contribution in [0.4, 0.5) is 0 Å². The van der Waals surface area contributed by atoms with E-state index >= 15 is 0 Å². The third kappa shape index (κ3) is 31.7. The van der Waals surface area contributed by atoms with Crippen LogP contribution in [0.3, 0.4) is 0 Å². The molecule has 0 aliphatic heterocycles. The van der Waals surface area contributed by atoms with E-state index in [4.69, 9.17) is 0 Å². The summed E-state index contributed by atoms with van der Waals surface area (Å²) in [7, 11) is -4.77. The van der Waals surface area contributed by atoms with Crippen LogP contribution < -0.4 is 9.79 Å². The van der Waals surface area contributed by atoms with Crippen LogP contribution in [0.25, 0.3) is 0 Å². The van der Waals surface area contributed by atoms with Gasteiger partial charge in [0.15, 0.2) is 0 Å². The van der Waals surface area contributed by atoms with Crippen molar-refractivity contribution in [1.82, 2.24) is 0 Å². The molecular formula is C6H16CaO4P2. The summed E-state index contributed by atoms with van der Waals surface area (Å²) in [5.41, 5.74) is 0. The minimum absolute atomic E-state index is 0. The maximum absolute atomic E-state index is 9.67. The van der Waals surface area contributed by atoms with Gasteiger partial charge < -0.3 is 18.9 Å². The first kappa shape index (κ1) is 20.1. The summed E-state index contributed by atoms with van der Waals surface area (Å²) in [6.45, 7) is 3.70. The zero-order valence-corrected chi connectivity index (χ0v) is 12.4. The Morgan fingerprint density at radius 2 is 1.15 bits per heavy atom. The third-order valence-corrected chi connectivity index (χ3v) is 2.72. The van der Waals surface area contributed by atoms with Gasteiger partial charge in [-0.15, -0.1) is 0 Å². The summed E-state index contributed by atoms with van der Waals surface area (Å²) in [6, 6.07) is 0. The first-order valence-corrected chi connectivity index (χ1v) is 6.99. The minimum atomic E-state index is -2.39. The van der Waals surface area contributed by atoms with E-state index in [1.54, 1.807) is 0 Å². The fourth-order valence-corrected chi connectivity index (χ4v) is 1.22. The van der Waals surface area contributed by atoms with E-state index in [0.717, 1.165) is 12.8 Å². The van der Waals surface area contributed by atoms with Crippen LogP contribution in [0, 0.1) is 0 Å². The molecule has 2 unspecified atom stereocenters. The molecule has 0 rings (SSSR count). The zero-order valence-electron chi connectivity index (χ0n) is 8.17.